The summed E-state index contributed by atoms with van der Waals surface area (Å²) in [7, 11) is 0. The van der Waals surface area contributed by atoms with E-state index >= 15 is 0 Å². The summed E-state index contributed by atoms with van der Waals surface area (Å²) in [5, 5.41) is 0. The molecule has 2 N–H and O–H groups in total. The summed E-state index contributed by atoms with van der Waals surface area (Å²) in [4.78, 5) is 10.9. The van der Waals surface area contributed by atoms with Gasteiger partial charge in [0.1, 0.15) is 11.8 Å². The van der Waals surface area contributed by atoms with Crippen molar-refractivity contribution in [1.82, 2.24) is 0 Å². The fraction of sp³-hybridized carbons (Fsp3) is 0.909. The van der Waals surface area contributed by atoms with Crippen LogP contribution in [0.1, 0.15) is 32.1 Å². The lowest BCUT2D eigenvalue weighted by Gasteiger charge is -2.56. The minimum absolute atomic E-state index is 0.107. The summed E-state index contributed by atoms with van der Waals surface area (Å²) in [5.41, 5.74) is 4.68. The van der Waals surface area contributed by atoms with Crippen molar-refractivity contribution in [2.45, 2.75) is 43.9 Å². The van der Waals surface area contributed by atoms with Gasteiger partial charge in [0.15, 0.2) is 0 Å². The van der Waals surface area contributed by atoms with E-state index in [0.717, 1.165) is 19.3 Å². The second-order valence-electron chi connectivity index (χ2n) is 5.52. The predicted molar refractivity (Wildman–Crippen MR) is 51.9 cm³/mol. The Balaban J connectivity index is 1.85. The maximum atomic E-state index is 13.8. The Labute approximate surface area is 88.2 Å². The third kappa shape index (κ3) is 1.34. The highest BCUT2D eigenvalue weighted by atomic mass is 19.1. The SMILES string of the molecule is NC(=O)OC12CC3CC(C1)C(F)C(C3)C2. The molecule has 0 heterocycles. The van der Waals surface area contributed by atoms with Crippen LogP contribution in [0.15, 0.2) is 0 Å². The quantitative estimate of drug-likeness (QED) is 0.724. The highest BCUT2D eigenvalue weighted by Crippen LogP contribution is 2.57. The van der Waals surface area contributed by atoms with Gasteiger partial charge in [0.2, 0.25) is 0 Å². The first-order valence-electron chi connectivity index (χ1n) is 5.70. The Hall–Kier alpha value is -0.800. The Morgan fingerprint density at radius 3 is 2.40 bits per heavy atom. The van der Waals surface area contributed by atoms with Crippen LogP contribution in [-0.2, 0) is 4.74 Å². The summed E-state index contributed by atoms with van der Waals surface area (Å²) < 4.78 is 19.1. The second-order valence-corrected chi connectivity index (χ2v) is 5.52. The molecule has 0 aromatic rings. The van der Waals surface area contributed by atoms with Gasteiger partial charge in [-0.3, -0.25) is 0 Å². The number of alkyl halides is 1. The Morgan fingerprint density at radius 2 is 1.87 bits per heavy atom. The van der Waals surface area contributed by atoms with E-state index in [9.17, 15) is 9.18 Å². The van der Waals surface area contributed by atoms with Crippen molar-refractivity contribution in [3.63, 3.8) is 0 Å². The van der Waals surface area contributed by atoms with Crippen LogP contribution in [0.25, 0.3) is 0 Å². The number of hydrogen-bond donors (Lipinski definition) is 1. The van der Waals surface area contributed by atoms with E-state index in [2.05, 4.69) is 0 Å². The fourth-order valence-corrected chi connectivity index (χ4v) is 4.23. The third-order valence-electron chi connectivity index (χ3n) is 4.42. The summed E-state index contributed by atoms with van der Waals surface area (Å²) in [6.07, 6.45) is 2.84. The van der Waals surface area contributed by atoms with Crippen LogP contribution in [0.2, 0.25) is 0 Å². The molecule has 84 valence electrons. The molecule has 15 heavy (non-hydrogen) atoms. The van der Waals surface area contributed by atoms with E-state index in [0.29, 0.717) is 18.8 Å². The molecule has 4 aliphatic rings. The van der Waals surface area contributed by atoms with Gasteiger partial charge < -0.3 is 10.5 Å². The van der Waals surface area contributed by atoms with Gasteiger partial charge >= 0.3 is 6.09 Å². The summed E-state index contributed by atoms with van der Waals surface area (Å²) in [5.74, 6) is 0.764. The predicted octanol–water partition coefficient (Wildman–Crippen LogP) is 2.00. The van der Waals surface area contributed by atoms with Gasteiger partial charge in [-0.2, -0.15) is 0 Å². The minimum atomic E-state index is -0.702. The van der Waals surface area contributed by atoms with E-state index in [1.165, 1.54) is 0 Å². The molecule has 4 fully saturated rings. The van der Waals surface area contributed by atoms with Gasteiger partial charge in [0.25, 0.3) is 0 Å². The molecule has 3 nitrogen and oxygen atoms in total. The Kier molecular flexibility index (Phi) is 1.80. The Bertz CT molecular complexity index is 291. The molecule has 0 radical (unpaired) electrons. The molecule has 4 aliphatic carbocycles. The van der Waals surface area contributed by atoms with E-state index in [1.807, 2.05) is 0 Å². The maximum absolute atomic E-state index is 13.8. The monoisotopic (exact) mass is 213 g/mol. The number of rotatable bonds is 1. The molecule has 0 aliphatic heterocycles. The van der Waals surface area contributed by atoms with Gasteiger partial charge in [-0.25, -0.2) is 9.18 Å². The van der Waals surface area contributed by atoms with Crippen molar-refractivity contribution < 1.29 is 13.9 Å². The summed E-state index contributed by atoms with van der Waals surface area (Å²) in [6.45, 7) is 0. The number of halogens is 1. The van der Waals surface area contributed by atoms with E-state index in [1.54, 1.807) is 0 Å². The van der Waals surface area contributed by atoms with Crippen molar-refractivity contribution in [3.05, 3.63) is 0 Å². The highest BCUT2D eigenvalue weighted by molar-refractivity contribution is 5.65. The lowest BCUT2D eigenvalue weighted by Crippen LogP contribution is -2.57. The van der Waals surface area contributed by atoms with Gasteiger partial charge in [-0.15, -0.1) is 0 Å². The van der Waals surface area contributed by atoms with Crippen LogP contribution in [-0.4, -0.2) is 17.9 Å². The van der Waals surface area contributed by atoms with Crippen molar-refractivity contribution in [1.29, 1.82) is 0 Å². The zero-order valence-corrected chi connectivity index (χ0v) is 8.62. The van der Waals surface area contributed by atoms with E-state index in [4.69, 9.17) is 10.5 Å². The zero-order valence-electron chi connectivity index (χ0n) is 8.62. The van der Waals surface area contributed by atoms with Gasteiger partial charge in [0, 0.05) is 0 Å². The smallest absolute Gasteiger partial charge is 0.405 e. The molecule has 0 aromatic carbocycles. The fourth-order valence-electron chi connectivity index (χ4n) is 4.23. The van der Waals surface area contributed by atoms with Crippen LogP contribution in [0.5, 0.6) is 0 Å². The van der Waals surface area contributed by atoms with Gasteiger partial charge in [0.05, 0.1) is 0 Å². The number of carbonyl (C=O) groups is 1. The molecule has 0 saturated heterocycles. The van der Waals surface area contributed by atoms with Crippen LogP contribution in [0.3, 0.4) is 0 Å². The number of carbonyl (C=O) groups excluding carboxylic acids is 1. The molecule has 0 spiro atoms. The number of nitrogens with two attached hydrogens (primary N) is 1. The normalized spacial score (nSPS) is 51.8. The van der Waals surface area contributed by atoms with Crippen LogP contribution in [0.4, 0.5) is 9.18 Å². The highest BCUT2D eigenvalue weighted by Gasteiger charge is 2.57. The maximum Gasteiger partial charge on any atom is 0.405 e. The number of hydrogen-bond acceptors (Lipinski definition) is 2. The number of amides is 1. The first kappa shape index (κ1) is 9.43. The van der Waals surface area contributed by atoms with Crippen molar-refractivity contribution in [2.24, 2.45) is 23.5 Å². The van der Waals surface area contributed by atoms with Crippen LogP contribution >= 0.6 is 0 Å². The van der Waals surface area contributed by atoms with Crippen LogP contribution in [0, 0.1) is 17.8 Å². The van der Waals surface area contributed by atoms with E-state index < -0.39 is 17.9 Å². The number of primary amides is 1. The minimum Gasteiger partial charge on any atom is -0.443 e. The molecule has 4 bridgehead atoms. The van der Waals surface area contributed by atoms with Gasteiger partial charge in [-0.05, 0) is 49.9 Å². The molecular weight excluding hydrogens is 197 g/mol. The molecule has 0 aromatic heterocycles. The van der Waals surface area contributed by atoms with Crippen LogP contribution < -0.4 is 5.73 Å². The summed E-state index contributed by atoms with van der Waals surface area (Å²) in [6, 6.07) is 0. The zero-order chi connectivity index (χ0) is 10.6. The molecular formula is C11H16FNO2. The van der Waals surface area contributed by atoms with Crippen molar-refractivity contribution in [2.75, 3.05) is 0 Å². The molecule has 2 atom stereocenters. The lowest BCUT2D eigenvalue weighted by molar-refractivity contribution is -0.156. The molecule has 2 unspecified atom stereocenters. The Morgan fingerprint density at radius 1 is 1.27 bits per heavy atom. The summed E-state index contributed by atoms with van der Waals surface area (Å²) >= 11 is 0. The average molecular weight is 213 g/mol. The molecule has 4 rings (SSSR count). The molecule has 1 amide bonds. The standard InChI is InChI=1S/C11H16FNO2/c12-9-7-1-6-2-8(9)5-11(3-6,4-7)15-10(13)14/h6-9H,1-5H2,(H2,13,14). The lowest BCUT2D eigenvalue weighted by atomic mass is 9.53. The largest absolute Gasteiger partial charge is 0.443 e. The molecule has 4 heteroatoms. The van der Waals surface area contributed by atoms with Crippen molar-refractivity contribution in [3.8, 4) is 0 Å². The van der Waals surface area contributed by atoms with Crippen molar-refractivity contribution >= 4 is 6.09 Å². The van der Waals surface area contributed by atoms with Gasteiger partial charge in [-0.1, -0.05) is 0 Å². The molecule has 4 saturated carbocycles. The van der Waals surface area contributed by atoms with E-state index in [-0.39, 0.29) is 11.8 Å². The first-order chi connectivity index (χ1) is 7.08. The second kappa shape index (κ2) is 2.86. The average Bonchev–Trinajstić information content (AvgIpc) is 2.10. The number of ether oxygens (including phenoxy) is 1. The first-order valence-corrected chi connectivity index (χ1v) is 5.70. The topological polar surface area (TPSA) is 52.3 Å². The third-order valence-corrected chi connectivity index (χ3v) is 4.42.